The van der Waals surface area contributed by atoms with Gasteiger partial charge in [0.05, 0.1) is 19.3 Å². The van der Waals surface area contributed by atoms with Crippen molar-refractivity contribution in [2.75, 3.05) is 26.3 Å². The van der Waals surface area contributed by atoms with Crippen LogP contribution in [0.15, 0.2) is 0 Å². The zero-order chi connectivity index (χ0) is 8.10. The average Bonchev–Trinajstić information content (AvgIpc) is 2.41. The normalized spacial score (nSPS) is 25.3. The van der Waals surface area contributed by atoms with Crippen molar-refractivity contribution in [1.29, 1.82) is 0 Å². The lowest BCUT2D eigenvalue weighted by molar-refractivity contribution is -0.0569. The minimum absolute atomic E-state index is 0.785. The highest BCUT2D eigenvalue weighted by atomic mass is 16.5. The number of hydrogen-bond acceptors (Lipinski definition) is 2. The molecule has 0 aliphatic carbocycles. The van der Waals surface area contributed by atoms with Gasteiger partial charge in [-0.1, -0.05) is 0 Å². The Morgan fingerprint density at radius 2 is 1.64 bits per heavy atom. The Kier molecular flexibility index (Phi) is 3.41. The highest BCUT2D eigenvalue weighted by molar-refractivity contribution is 4.80. The number of terminal acetylenes is 1. The monoisotopic (exact) mass is 153 g/mol. The summed E-state index contributed by atoms with van der Waals surface area (Å²) in [5.41, 5.74) is 0. The van der Waals surface area contributed by atoms with Crippen LogP contribution >= 0.6 is 0 Å². The molecule has 2 nitrogen and oxygen atoms in total. The Labute approximate surface area is 68.5 Å². The van der Waals surface area contributed by atoms with Crippen molar-refractivity contribution < 1.29 is 4.74 Å². The molecule has 0 atom stereocenters. The van der Waals surface area contributed by atoms with Gasteiger partial charge in [0, 0.05) is 0 Å². The summed E-state index contributed by atoms with van der Waals surface area (Å²) in [7, 11) is 0. The fraction of sp³-hybridized carbons (Fsp3) is 0.778. The molecule has 2 heteroatoms. The van der Waals surface area contributed by atoms with Crippen LogP contribution in [0, 0.1) is 12.8 Å². The van der Waals surface area contributed by atoms with E-state index in [9.17, 15) is 0 Å². The average molecular weight is 153 g/mol. The molecule has 2 aliphatic heterocycles. The fourth-order valence-electron chi connectivity index (χ4n) is 1.54. The fourth-order valence-corrected chi connectivity index (χ4v) is 1.54. The van der Waals surface area contributed by atoms with Crippen LogP contribution in [0.3, 0.4) is 0 Å². The molecule has 2 rings (SSSR count). The lowest BCUT2D eigenvalue weighted by Crippen LogP contribution is -2.47. The first-order valence-corrected chi connectivity index (χ1v) is 4.12. The first-order chi connectivity index (χ1) is 5.47. The van der Waals surface area contributed by atoms with Gasteiger partial charge in [0.1, 0.15) is 0 Å². The minimum atomic E-state index is 0.785. The van der Waals surface area contributed by atoms with Gasteiger partial charge in [0.15, 0.2) is 0 Å². The zero-order valence-electron chi connectivity index (χ0n) is 6.83. The van der Waals surface area contributed by atoms with E-state index < -0.39 is 0 Å². The summed E-state index contributed by atoms with van der Waals surface area (Å²) in [5, 5.41) is 0. The van der Waals surface area contributed by atoms with Gasteiger partial charge in [-0.05, 0) is 25.9 Å². The van der Waals surface area contributed by atoms with Crippen LogP contribution in [0.2, 0.25) is 0 Å². The molecule has 0 aromatic heterocycles. The summed E-state index contributed by atoms with van der Waals surface area (Å²) in [5.74, 6) is 0. The van der Waals surface area contributed by atoms with E-state index in [1.54, 1.807) is 0 Å². The lowest BCUT2D eigenvalue weighted by Gasteiger charge is -2.34. The van der Waals surface area contributed by atoms with E-state index in [-0.39, 0.29) is 0 Å². The topological polar surface area (TPSA) is 12.5 Å². The highest BCUT2D eigenvalue weighted by Gasteiger charge is 2.27. The molecule has 0 unspecified atom stereocenters. The molecule has 11 heavy (non-hydrogen) atoms. The van der Waals surface area contributed by atoms with Crippen molar-refractivity contribution in [2.24, 2.45) is 0 Å². The van der Waals surface area contributed by atoms with Gasteiger partial charge < -0.3 is 4.74 Å². The van der Waals surface area contributed by atoms with E-state index in [1.165, 1.54) is 25.9 Å². The molecule has 0 amide bonds. The molecular weight excluding hydrogens is 138 g/mol. The maximum atomic E-state index is 5.11. The van der Waals surface area contributed by atoms with Crippen LogP contribution in [0.4, 0.5) is 0 Å². The third kappa shape index (κ3) is 1.95. The molecule has 62 valence electrons. The number of nitrogens with zero attached hydrogens (tertiary/aromatic N) is 1. The van der Waals surface area contributed by atoms with Crippen molar-refractivity contribution in [2.45, 2.75) is 18.9 Å². The van der Waals surface area contributed by atoms with Crippen molar-refractivity contribution in [3.05, 3.63) is 0 Å². The summed E-state index contributed by atoms with van der Waals surface area (Å²) < 4.78 is 5.11. The molecule has 2 saturated heterocycles. The van der Waals surface area contributed by atoms with Gasteiger partial charge in [-0.3, -0.25) is 4.90 Å². The van der Waals surface area contributed by atoms with Gasteiger partial charge in [0.2, 0.25) is 0 Å². The van der Waals surface area contributed by atoms with E-state index >= 15 is 0 Å². The molecule has 0 spiro atoms. The van der Waals surface area contributed by atoms with E-state index in [0.29, 0.717) is 0 Å². The molecule has 2 aliphatic rings. The maximum absolute atomic E-state index is 5.11. The van der Waals surface area contributed by atoms with E-state index in [2.05, 4.69) is 17.7 Å². The van der Waals surface area contributed by atoms with Crippen molar-refractivity contribution in [1.82, 2.24) is 4.90 Å². The Balaban J connectivity index is 0.000000281. The SMILES string of the molecule is C#C.C1CCN(C2COC2)C1. The second-order valence-electron chi connectivity index (χ2n) is 2.93. The summed E-state index contributed by atoms with van der Waals surface area (Å²) >= 11 is 0. The summed E-state index contributed by atoms with van der Waals surface area (Å²) in [6, 6.07) is 0.785. The van der Waals surface area contributed by atoms with Gasteiger partial charge in [-0.2, -0.15) is 0 Å². The molecule has 0 aromatic carbocycles. The van der Waals surface area contributed by atoms with Crippen LogP contribution in [0.25, 0.3) is 0 Å². The van der Waals surface area contributed by atoms with Gasteiger partial charge in [-0.15, -0.1) is 12.8 Å². The third-order valence-electron chi connectivity index (χ3n) is 2.28. The standard InChI is InChI=1S/C7H13NO.C2H2/c1-2-4-8(3-1)7-5-9-6-7;1-2/h7H,1-6H2;1-2H. The smallest absolute Gasteiger partial charge is 0.0645 e. The van der Waals surface area contributed by atoms with Crippen LogP contribution < -0.4 is 0 Å². The first kappa shape index (κ1) is 8.58. The molecule has 0 aromatic rings. The van der Waals surface area contributed by atoms with Gasteiger partial charge in [-0.25, -0.2) is 0 Å². The first-order valence-electron chi connectivity index (χ1n) is 4.12. The Morgan fingerprint density at radius 3 is 2.00 bits per heavy atom. The van der Waals surface area contributed by atoms with Crippen molar-refractivity contribution in [3.8, 4) is 12.8 Å². The molecule has 2 heterocycles. The predicted octanol–water partition coefficient (Wildman–Crippen LogP) is 0.730. The Hall–Kier alpha value is -0.520. The van der Waals surface area contributed by atoms with Gasteiger partial charge >= 0.3 is 0 Å². The van der Waals surface area contributed by atoms with Crippen LogP contribution in [0.5, 0.6) is 0 Å². The molecule has 0 bridgehead atoms. The molecule has 0 radical (unpaired) electrons. The number of hydrogen-bond donors (Lipinski definition) is 0. The maximum Gasteiger partial charge on any atom is 0.0645 e. The minimum Gasteiger partial charge on any atom is -0.378 e. The number of ether oxygens (including phenoxy) is 1. The van der Waals surface area contributed by atoms with Crippen molar-refractivity contribution in [3.63, 3.8) is 0 Å². The van der Waals surface area contributed by atoms with E-state index in [4.69, 9.17) is 4.74 Å². The largest absolute Gasteiger partial charge is 0.378 e. The van der Waals surface area contributed by atoms with Crippen molar-refractivity contribution >= 4 is 0 Å². The predicted molar refractivity (Wildman–Crippen MR) is 45.3 cm³/mol. The second kappa shape index (κ2) is 4.38. The molecule has 0 N–H and O–H groups in total. The quantitative estimate of drug-likeness (QED) is 0.515. The van der Waals surface area contributed by atoms with E-state index in [1.807, 2.05) is 0 Å². The third-order valence-corrected chi connectivity index (χ3v) is 2.28. The summed E-state index contributed by atoms with van der Waals surface area (Å²) in [4.78, 5) is 2.55. The zero-order valence-corrected chi connectivity index (χ0v) is 6.83. The van der Waals surface area contributed by atoms with Gasteiger partial charge in [0.25, 0.3) is 0 Å². The number of rotatable bonds is 1. The lowest BCUT2D eigenvalue weighted by atomic mass is 10.2. The Morgan fingerprint density at radius 1 is 1.09 bits per heavy atom. The van der Waals surface area contributed by atoms with Crippen LogP contribution in [-0.4, -0.2) is 37.2 Å². The Bertz CT molecular complexity index is 123. The number of likely N-dealkylation sites (tertiary alicyclic amines) is 1. The highest BCUT2D eigenvalue weighted by Crippen LogP contribution is 2.16. The second-order valence-corrected chi connectivity index (χ2v) is 2.93. The molecular formula is C9H15NO. The van der Waals surface area contributed by atoms with Crippen LogP contribution in [-0.2, 0) is 4.74 Å². The van der Waals surface area contributed by atoms with E-state index in [0.717, 1.165) is 19.3 Å². The summed E-state index contributed by atoms with van der Waals surface area (Å²) in [6.07, 6.45) is 10.8. The molecule has 2 fully saturated rings. The summed E-state index contributed by atoms with van der Waals surface area (Å²) in [6.45, 7) is 4.60. The van der Waals surface area contributed by atoms with Crippen LogP contribution in [0.1, 0.15) is 12.8 Å². The molecule has 0 saturated carbocycles.